The van der Waals surface area contributed by atoms with E-state index >= 15 is 0 Å². The Morgan fingerprint density at radius 3 is 2.12 bits per heavy atom. The van der Waals surface area contributed by atoms with E-state index in [0.717, 1.165) is 0 Å². The largest absolute Gasteiger partial charge is 0.481 e. The van der Waals surface area contributed by atoms with Crippen LogP contribution in [0.15, 0.2) is 0 Å². The van der Waals surface area contributed by atoms with Crippen molar-refractivity contribution in [3.8, 4) is 0 Å². The Morgan fingerprint density at radius 2 is 1.81 bits per heavy atom. The second-order valence-corrected chi connectivity index (χ2v) is 5.55. The SMILES string of the molecule is CCC(CC)(CO)NS(=O)(=O)CCC(=O)O. The molecule has 0 spiro atoms. The van der Waals surface area contributed by atoms with E-state index in [1.807, 2.05) is 0 Å². The highest BCUT2D eigenvalue weighted by Gasteiger charge is 2.30. The Kier molecular flexibility index (Phi) is 5.91. The number of aliphatic hydroxyl groups excluding tert-OH is 1. The zero-order valence-electron chi connectivity index (χ0n) is 9.56. The Morgan fingerprint density at radius 1 is 1.31 bits per heavy atom. The normalized spacial score (nSPS) is 12.7. The number of rotatable bonds is 8. The van der Waals surface area contributed by atoms with E-state index < -0.39 is 33.7 Å². The smallest absolute Gasteiger partial charge is 0.304 e. The Bertz CT molecular complexity index is 313. The molecule has 7 heteroatoms. The van der Waals surface area contributed by atoms with Crippen LogP contribution >= 0.6 is 0 Å². The maximum absolute atomic E-state index is 11.5. The van der Waals surface area contributed by atoms with Crippen LogP contribution in [0.4, 0.5) is 0 Å². The summed E-state index contributed by atoms with van der Waals surface area (Å²) in [5.74, 6) is -1.63. The summed E-state index contributed by atoms with van der Waals surface area (Å²) >= 11 is 0. The van der Waals surface area contributed by atoms with Gasteiger partial charge >= 0.3 is 5.97 Å². The van der Waals surface area contributed by atoms with Gasteiger partial charge in [0.2, 0.25) is 10.0 Å². The number of hydrogen-bond acceptors (Lipinski definition) is 4. The third-order valence-corrected chi connectivity index (χ3v) is 4.10. The van der Waals surface area contributed by atoms with Crippen molar-refractivity contribution in [3.05, 3.63) is 0 Å². The predicted octanol–water partition coefficient (Wildman–Crippen LogP) is -0.0684. The number of aliphatic hydroxyl groups is 1. The number of carboxylic acid groups (broad SMARTS) is 1. The monoisotopic (exact) mass is 253 g/mol. The molecule has 3 N–H and O–H groups in total. The van der Waals surface area contributed by atoms with Crippen LogP contribution < -0.4 is 4.72 Å². The van der Waals surface area contributed by atoms with E-state index in [4.69, 9.17) is 5.11 Å². The number of carbonyl (C=O) groups is 1. The highest BCUT2D eigenvalue weighted by atomic mass is 32.2. The molecule has 0 saturated carbocycles. The summed E-state index contributed by atoms with van der Waals surface area (Å²) in [4.78, 5) is 10.3. The van der Waals surface area contributed by atoms with Crippen molar-refractivity contribution in [2.45, 2.75) is 38.6 Å². The Labute approximate surface area is 95.7 Å². The second-order valence-electron chi connectivity index (χ2n) is 3.71. The number of hydrogen-bond donors (Lipinski definition) is 3. The quantitative estimate of drug-likeness (QED) is 0.562. The van der Waals surface area contributed by atoms with Gasteiger partial charge in [-0.1, -0.05) is 13.8 Å². The first-order chi connectivity index (χ1) is 7.31. The van der Waals surface area contributed by atoms with Crippen LogP contribution in [0.3, 0.4) is 0 Å². The van der Waals surface area contributed by atoms with Gasteiger partial charge in [0.15, 0.2) is 0 Å². The fraction of sp³-hybridized carbons (Fsp3) is 0.889. The van der Waals surface area contributed by atoms with E-state index in [0.29, 0.717) is 12.8 Å². The lowest BCUT2D eigenvalue weighted by Crippen LogP contribution is -2.51. The summed E-state index contributed by atoms with van der Waals surface area (Å²) in [6.45, 7) is 3.23. The van der Waals surface area contributed by atoms with Gasteiger partial charge in [0.25, 0.3) is 0 Å². The van der Waals surface area contributed by atoms with Crippen LogP contribution in [0, 0.1) is 0 Å². The van der Waals surface area contributed by atoms with Crippen LogP contribution in [0.1, 0.15) is 33.1 Å². The average Bonchev–Trinajstić information content (AvgIpc) is 2.24. The first kappa shape index (κ1) is 15.3. The van der Waals surface area contributed by atoms with Crippen molar-refractivity contribution in [1.82, 2.24) is 4.72 Å². The molecule has 0 aliphatic heterocycles. The minimum Gasteiger partial charge on any atom is -0.481 e. The highest BCUT2D eigenvalue weighted by molar-refractivity contribution is 7.89. The van der Waals surface area contributed by atoms with Gasteiger partial charge in [0.05, 0.1) is 24.3 Å². The van der Waals surface area contributed by atoms with Crippen molar-refractivity contribution >= 4 is 16.0 Å². The topological polar surface area (TPSA) is 104 Å². The molecule has 0 aromatic rings. The molecule has 0 aromatic heterocycles. The summed E-state index contributed by atoms with van der Waals surface area (Å²) in [7, 11) is -3.66. The number of carboxylic acids is 1. The summed E-state index contributed by atoms with van der Waals surface area (Å²) in [6.07, 6.45) is 0.461. The number of sulfonamides is 1. The highest BCUT2D eigenvalue weighted by Crippen LogP contribution is 2.15. The molecule has 6 nitrogen and oxygen atoms in total. The summed E-state index contributed by atoms with van der Waals surface area (Å²) in [6, 6.07) is 0. The molecular weight excluding hydrogens is 234 g/mol. The van der Waals surface area contributed by atoms with Gasteiger partial charge in [-0.25, -0.2) is 13.1 Å². The van der Waals surface area contributed by atoms with E-state index in [9.17, 15) is 18.3 Å². The van der Waals surface area contributed by atoms with Gasteiger partial charge in [-0.15, -0.1) is 0 Å². The maximum atomic E-state index is 11.5. The van der Waals surface area contributed by atoms with Crippen LogP contribution in [-0.4, -0.2) is 42.5 Å². The fourth-order valence-corrected chi connectivity index (χ4v) is 2.81. The molecule has 0 unspecified atom stereocenters. The molecule has 0 amide bonds. The minimum atomic E-state index is -3.66. The van der Waals surface area contributed by atoms with E-state index in [2.05, 4.69) is 4.72 Å². The molecule has 0 bridgehead atoms. The molecule has 0 aromatic carbocycles. The molecule has 0 radical (unpaired) electrons. The Balaban J connectivity index is 4.60. The van der Waals surface area contributed by atoms with Crippen molar-refractivity contribution in [3.63, 3.8) is 0 Å². The number of nitrogens with one attached hydrogen (secondary N) is 1. The zero-order valence-corrected chi connectivity index (χ0v) is 10.4. The summed E-state index contributed by atoms with van der Waals surface area (Å²) in [5.41, 5.74) is -0.878. The van der Waals surface area contributed by atoms with Crippen LogP contribution in [0.2, 0.25) is 0 Å². The predicted molar refractivity (Wildman–Crippen MR) is 59.6 cm³/mol. The van der Waals surface area contributed by atoms with Crippen molar-refractivity contribution < 1.29 is 23.4 Å². The first-order valence-corrected chi connectivity index (χ1v) is 6.80. The molecule has 16 heavy (non-hydrogen) atoms. The van der Waals surface area contributed by atoms with Gasteiger partial charge in [-0.05, 0) is 12.8 Å². The first-order valence-electron chi connectivity index (χ1n) is 5.15. The van der Waals surface area contributed by atoms with Gasteiger partial charge in [0.1, 0.15) is 0 Å². The lowest BCUT2D eigenvalue weighted by atomic mass is 9.96. The standard InChI is InChI=1S/C9H19NO5S/c1-3-9(4-2,7-11)10-16(14,15)6-5-8(12)13/h10-11H,3-7H2,1-2H3,(H,12,13). The zero-order chi connectivity index (χ0) is 12.8. The fourth-order valence-electron chi connectivity index (χ4n) is 1.25. The molecule has 96 valence electrons. The van der Waals surface area contributed by atoms with Gasteiger partial charge in [-0.3, -0.25) is 4.79 Å². The molecule has 0 fully saturated rings. The third-order valence-electron chi connectivity index (χ3n) is 2.61. The van der Waals surface area contributed by atoms with E-state index in [1.165, 1.54) is 0 Å². The van der Waals surface area contributed by atoms with Gasteiger partial charge in [-0.2, -0.15) is 0 Å². The second kappa shape index (κ2) is 6.17. The van der Waals surface area contributed by atoms with Crippen LogP contribution in [0.5, 0.6) is 0 Å². The Hall–Kier alpha value is -0.660. The summed E-state index contributed by atoms with van der Waals surface area (Å²) in [5, 5.41) is 17.6. The van der Waals surface area contributed by atoms with Crippen molar-refractivity contribution in [2.75, 3.05) is 12.4 Å². The lowest BCUT2D eigenvalue weighted by Gasteiger charge is -2.30. The lowest BCUT2D eigenvalue weighted by molar-refractivity contribution is -0.136. The van der Waals surface area contributed by atoms with Crippen LogP contribution in [0.25, 0.3) is 0 Å². The molecule has 0 aliphatic carbocycles. The van der Waals surface area contributed by atoms with Gasteiger partial charge in [0, 0.05) is 0 Å². The molecule has 0 aliphatic rings. The number of aliphatic carboxylic acids is 1. The van der Waals surface area contributed by atoms with Crippen LogP contribution in [-0.2, 0) is 14.8 Å². The van der Waals surface area contributed by atoms with Crippen molar-refractivity contribution in [1.29, 1.82) is 0 Å². The van der Waals surface area contributed by atoms with Crippen molar-refractivity contribution in [2.24, 2.45) is 0 Å². The minimum absolute atomic E-state index is 0.299. The molecule has 0 heterocycles. The van der Waals surface area contributed by atoms with Gasteiger partial charge < -0.3 is 10.2 Å². The summed E-state index contributed by atoms with van der Waals surface area (Å²) < 4.78 is 25.5. The third kappa shape index (κ3) is 4.91. The van der Waals surface area contributed by atoms with E-state index in [1.54, 1.807) is 13.8 Å². The molecule has 0 atom stereocenters. The molecule has 0 rings (SSSR count). The average molecular weight is 253 g/mol. The maximum Gasteiger partial charge on any atom is 0.304 e. The molecule has 0 saturated heterocycles. The molecular formula is C9H19NO5S. The van der Waals surface area contributed by atoms with E-state index in [-0.39, 0.29) is 6.61 Å².